The lowest BCUT2D eigenvalue weighted by atomic mass is 10.1. The number of hydrogen-bond acceptors (Lipinski definition) is 2. The molecule has 0 amide bonds. The van der Waals surface area contributed by atoms with Gasteiger partial charge in [0.05, 0.1) is 0 Å². The molecule has 3 heteroatoms. The molecule has 1 aliphatic carbocycles. The van der Waals surface area contributed by atoms with Crippen LogP contribution in [-0.2, 0) is 6.54 Å². The van der Waals surface area contributed by atoms with Gasteiger partial charge in [-0.1, -0.05) is 25.1 Å². The maximum Gasteiger partial charge on any atom is 0.258 e. The van der Waals surface area contributed by atoms with Gasteiger partial charge in [0.15, 0.2) is 0 Å². The molecule has 1 aliphatic rings. The van der Waals surface area contributed by atoms with Crippen LogP contribution in [0.25, 0.3) is 10.8 Å². The third-order valence-corrected chi connectivity index (χ3v) is 3.73. The first-order chi connectivity index (χ1) is 9.24. The first-order valence-electron chi connectivity index (χ1n) is 7.05. The monoisotopic (exact) mass is 256 g/mol. The largest absolute Gasteiger partial charge is 0.315 e. The predicted octanol–water partition coefficient (Wildman–Crippen LogP) is 2.39. The number of nitrogens with one attached hydrogen (secondary N) is 1. The van der Waals surface area contributed by atoms with Crippen LogP contribution in [0.1, 0.15) is 19.8 Å². The highest BCUT2D eigenvalue weighted by atomic mass is 16.1. The lowest BCUT2D eigenvalue weighted by molar-refractivity contribution is 0.439. The number of fused-ring (bicyclic) bond motifs is 1. The van der Waals surface area contributed by atoms with Gasteiger partial charge in [-0.2, -0.15) is 0 Å². The minimum atomic E-state index is 0.122. The van der Waals surface area contributed by atoms with Crippen LogP contribution in [0, 0.1) is 5.92 Å². The quantitative estimate of drug-likeness (QED) is 0.891. The van der Waals surface area contributed by atoms with Gasteiger partial charge in [0.25, 0.3) is 5.56 Å². The molecule has 0 saturated heterocycles. The van der Waals surface area contributed by atoms with Crippen LogP contribution < -0.4 is 10.9 Å². The van der Waals surface area contributed by atoms with Crippen molar-refractivity contribution in [3.8, 4) is 0 Å². The second-order valence-corrected chi connectivity index (χ2v) is 5.65. The molecule has 2 aromatic rings. The van der Waals surface area contributed by atoms with E-state index in [4.69, 9.17) is 0 Å². The Morgan fingerprint density at radius 3 is 2.89 bits per heavy atom. The fraction of sp³-hybridized carbons (Fsp3) is 0.438. The van der Waals surface area contributed by atoms with E-state index in [9.17, 15) is 4.79 Å². The summed E-state index contributed by atoms with van der Waals surface area (Å²) in [6, 6.07) is 10.5. The summed E-state index contributed by atoms with van der Waals surface area (Å²) < 4.78 is 1.83. The highest BCUT2D eigenvalue weighted by Crippen LogP contribution is 2.18. The zero-order valence-corrected chi connectivity index (χ0v) is 11.3. The van der Waals surface area contributed by atoms with Gasteiger partial charge in [-0.25, -0.2) is 0 Å². The second kappa shape index (κ2) is 5.17. The van der Waals surface area contributed by atoms with E-state index in [2.05, 4.69) is 12.2 Å². The molecule has 1 aromatic heterocycles. The molecule has 1 saturated carbocycles. The van der Waals surface area contributed by atoms with Crippen molar-refractivity contribution in [3.63, 3.8) is 0 Å². The number of aromatic nitrogens is 1. The van der Waals surface area contributed by atoms with Gasteiger partial charge in [0, 0.05) is 24.2 Å². The third kappa shape index (κ3) is 2.87. The highest BCUT2D eigenvalue weighted by Gasteiger charge is 2.20. The zero-order chi connectivity index (χ0) is 13.2. The first kappa shape index (κ1) is 12.4. The molecule has 1 aromatic carbocycles. The van der Waals surface area contributed by atoms with Gasteiger partial charge in [-0.05, 0) is 42.8 Å². The third-order valence-electron chi connectivity index (χ3n) is 3.73. The van der Waals surface area contributed by atoms with E-state index in [-0.39, 0.29) is 5.56 Å². The van der Waals surface area contributed by atoms with Crippen LogP contribution in [0.3, 0.4) is 0 Å². The van der Waals surface area contributed by atoms with E-state index in [1.165, 1.54) is 12.8 Å². The Labute approximate surface area is 113 Å². The van der Waals surface area contributed by atoms with Gasteiger partial charge in [0.2, 0.25) is 0 Å². The molecular formula is C16H20N2O. The van der Waals surface area contributed by atoms with Crippen LogP contribution in [0.2, 0.25) is 0 Å². The van der Waals surface area contributed by atoms with Crippen molar-refractivity contribution < 1.29 is 0 Å². The van der Waals surface area contributed by atoms with E-state index in [1.54, 1.807) is 0 Å². The Morgan fingerprint density at radius 1 is 1.32 bits per heavy atom. The number of hydrogen-bond donors (Lipinski definition) is 1. The Morgan fingerprint density at radius 2 is 2.11 bits per heavy atom. The molecule has 3 nitrogen and oxygen atoms in total. The summed E-state index contributed by atoms with van der Waals surface area (Å²) in [4.78, 5) is 12.4. The normalized spacial score (nSPS) is 16.7. The molecular weight excluding hydrogens is 236 g/mol. The van der Waals surface area contributed by atoms with Crippen molar-refractivity contribution in [1.82, 2.24) is 9.88 Å². The fourth-order valence-corrected chi connectivity index (χ4v) is 2.43. The fourth-order valence-electron chi connectivity index (χ4n) is 2.43. The molecule has 100 valence electrons. The summed E-state index contributed by atoms with van der Waals surface area (Å²) in [6.45, 7) is 3.96. The van der Waals surface area contributed by atoms with E-state index in [0.29, 0.717) is 5.92 Å². The van der Waals surface area contributed by atoms with Gasteiger partial charge in [-0.15, -0.1) is 0 Å². The van der Waals surface area contributed by atoms with Gasteiger partial charge in [0.1, 0.15) is 0 Å². The molecule has 1 heterocycles. The molecule has 1 atom stereocenters. The summed E-state index contributed by atoms with van der Waals surface area (Å²) in [6.07, 6.45) is 4.53. The van der Waals surface area contributed by atoms with Crippen LogP contribution in [0.15, 0.2) is 41.3 Å². The van der Waals surface area contributed by atoms with Crippen molar-refractivity contribution in [2.45, 2.75) is 32.4 Å². The Bertz CT molecular complexity index is 628. The van der Waals surface area contributed by atoms with E-state index in [0.717, 1.165) is 29.9 Å². The van der Waals surface area contributed by atoms with Crippen molar-refractivity contribution in [3.05, 3.63) is 46.9 Å². The highest BCUT2D eigenvalue weighted by molar-refractivity contribution is 5.81. The second-order valence-electron chi connectivity index (χ2n) is 5.65. The summed E-state index contributed by atoms with van der Waals surface area (Å²) in [5.74, 6) is 0.472. The van der Waals surface area contributed by atoms with Crippen molar-refractivity contribution in [1.29, 1.82) is 0 Å². The van der Waals surface area contributed by atoms with E-state index >= 15 is 0 Å². The maximum absolute atomic E-state index is 12.4. The standard InChI is InChI=1S/C16H20N2O/c1-12(10-17-14-6-7-14)11-18-9-8-13-4-2-3-5-15(13)16(18)19/h2-5,8-9,12,14,17H,6-7,10-11H2,1H3. The predicted molar refractivity (Wildman–Crippen MR) is 78.4 cm³/mol. The topological polar surface area (TPSA) is 34.0 Å². The maximum atomic E-state index is 12.4. The Balaban J connectivity index is 1.76. The van der Waals surface area contributed by atoms with Crippen molar-refractivity contribution in [2.24, 2.45) is 5.92 Å². The molecule has 0 aliphatic heterocycles. The smallest absolute Gasteiger partial charge is 0.258 e. The number of benzene rings is 1. The lowest BCUT2D eigenvalue weighted by Crippen LogP contribution is -2.29. The SMILES string of the molecule is CC(CNC1CC1)Cn1ccc2ccccc2c1=O. The summed E-state index contributed by atoms with van der Waals surface area (Å²) in [7, 11) is 0. The first-order valence-corrected chi connectivity index (χ1v) is 7.05. The van der Waals surface area contributed by atoms with Gasteiger partial charge >= 0.3 is 0 Å². The van der Waals surface area contributed by atoms with Crippen molar-refractivity contribution >= 4 is 10.8 Å². The van der Waals surface area contributed by atoms with Crippen molar-refractivity contribution in [2.75, 3.05) is 6.54 Å². The Hall–Kier alpha value is -1.61. The number of nitrogens with zero attached hydrogens (tertiary/aromatic N) is 1. The molecule has 1 N–H and O–H groups in total. The van der Waals surface area contributed by atoms with Gasteiger partial charge in [-0.3, -0.25) is 4.79 Å². The molecule has 0 spiro atoms. The van der Waals surface area contributed by atoms with Gasteiger partial charge < -0.3 is 9.88 Å². The summed E-state index contributed by atoms with van der Waals surface area (Å²) in [5.41, 5.74) is 0.122. The average molecular weight is 256 g/mol. The Kier molecular flexibility index (Phi) is 3.38. The molecule has 3 rings (SSSR count). The molecule has 1 unspecified atom stereocenters. The van der Waals surface area contributed by atoms with Crippen LogP contribution >= 0.6 is 0 Å². The number of pyridine rings is 1. The molecule has 1 fully saturated rings. The molecule has 19 heavy (non-hydrogen) atoms. The molecule has 0 bridgehead atoms. The minimum Gasteiger partial charge on any atom is -0.315 e. The molecule has 0 radical (unpaired) electrons. The number of rotatable bonds is 5. The average Bonchev–Trinajstić information content (AvgIpc) is 3.24. The van der Waals surface area contributed by atoms with Crippen LogP contribution in [0.4, 0.5) is 0 Å². The van der Waals surface area contributed by atoms with Crippen LogP contribution in [-0.4, -0.2) is 17.2 Å². The minimum absolute atomic E-state index is 0.122. The lowest BCUT2D eigenvalue weighted by Gasteiger charge is -2.14. The van der Waals surface area contributed by atoms with E-state index < -0.39 is 0 Å². The van der Waals surface area contributed by atoms with E-state index in [1.807, 2.05) is 41.1 Å². The summed E-state index contributed by atoms with van der Waals surface area (Å²) in [5, 5.41) is 5.35. The van der Waals surface area contributed by atoms with Crippen LogP contribution in [0.5, 0.6) is 0 Å². The summed E-state index contributed by atoms with van der Waals surface area (Å²) >= 11 is 0. The zero-order valence-electron chi connectivity index (χ0n) is 11.3.